The van der Waals surface area contributed by atoms with E-state index in [1.54, 1.807) is 0 Å². The molecule has 0 aromatic rings. The molecule has 0 bridgehead atoms. The van der Waals surface area contributed by atoms with Crippen LogP contribution in [-0.2, 0) is 10.9 Å². The van der Waals surface area contributed by atoms with Gasteiger partial charge in [0.1, 0.15) is 0 Å². The molecule has 0 aliphatic carbocycles. The van der Waals surface area contributed by atoms with E-state index in [0.717, 1.165) is 0 Å². The first kappa shape index (κ1) is 4.91. The molecule has 0 fully saturated rings. The van der Waals surface area contributed by atoms with Crippen molar-refractivity contribution in [2.45, 2.75) is 11.4 Å². The van der Waals surface area contributed by atoms with Gasteiger partial charge in [0.2, 0.25) is 0 Å². The van der Waals surface area contributed by atoms with Crippen molar-refractivity contribution in [1.82, 2.24) is 0 Å². The Morgan fingerprint density at radius 2 is 1.50 bits per heavy atom. The summed E-state index contributed by atoms with van der Waals surface area (Å²) in [7, 11) is 3.46. The third-order valence-corrected chi connectivity index (χ3v) is 0. The summed E-state index contributed by atoms with van der Waals surface area (Å²) in [6.45, 7) is 0. The maximum atomic E-state index is 3.46. The predicted octanol–water partition coefficient (Wildman–Crippen LogP) is 0.249. The Hall–Kier alpha value is 0.908. The van der Waals surface area contributed by atoms with Crippen LogP contribution in [0, 0.1) is 0 Å². The van der Waals surface area contributed by atoms with Gasteiger partial charge >= 0.3 is 35.8 Å². The number of rotatable bonds is 0. The van der Waals surface area contributed by atoms with Crippen LogP contribution in [0.4, 0.5) is 0 Å². The van der Waals surface area contributed by atoms with Crippen molar-refractivity contribution in [2.24, 2.45) is 0 Å². The molecule has 0 saturated carbocycles. The average Bonchev–Trinajstić information content (AvgIpc) is 0.811. The van der Waals surface area contributed by atoms with Gasteiger partial charge in [-0.3, -0.25) is 0 Å². The Morgan fingerprint density at radius 1 is 1.50 bits per heavy atom. The normalized spacial score (nSPS) is 9.00. The van der Waals surface area contributed by atoms with Crippen molar-refractivity contribution >= 4 is 24.4 Å². The zero-order chi connectivity index (χ0) is 3.58. The van der Waals surface area contributed by atoms with E-state index in [-0.39, 0.29) is 13.5 Å². The monoisotopic (exact) mass is 139 g/mol. The fourth-order valence-corrected chi connectivity index (χ4v) is 0. The fraction of sp³-hybridized carbons (Fsp3) is 1.00. The molecule has 0 aromatic carbocycles. The third kappa shape index (κ3) is 12.8. The van der Waals surface area contributed by atoms with Gasteiger partial charge in [-0.1, -0.05) is 0 Å². The van der Waals surface area contributed by atoms with Crippen LogP contribution in [0.2, 0.25) is 11.4 Å². The van der Waals surface area contributed by atoms with Gasteiger partial charge in [0.05, 0.1) is 0 Å². The van der Waals surface area contributed by atoms with Crippen molar-refractivity contribution < 1.29 is 0 Å². The standard InChI is InChI=1S/C2H7AsS/c1-3(2)4/h4H,1-2H3/p+1. The van der Waals surface area contributed by atoms with Gasteiger partial charge in [-0.05, 0) is 0 Å². The summed E-state index contributed by atoms with van der Waals surface area (Å²) in [4.78, 5) is 0. The molecule has 0 nitrogen and oxygen atoms in total. The van der Waals surface area contributed by atoms with Gasteiger partial charge in [0.25, 0.3) is 0 Å². The number of hydrogen-bond acceptors (Lipinski definition) is 0. The van der Waals surface area contributed by atoms with Crippen molar-refractivity contribution in [3.8, 4) is 0 Å². The Morgan fingerprint density at radius 3 is 1.50 bits per heavy atom. The first-order valence-electron chi connectivity index (χ1n) is 1.12. The molecule has 0 N–H and O–H groups in total. The van der Waals surface area contributed by atoms with E-state index in [4.69, 9.17) is 0 Å². The second-order valence-corrected chi connectivity index (χ2v) is 9.30. The zero-order valence-corrected chi connectivity index (χ0v) is 5.82. The molecule has 0 aliphatic heterocycles. The van der Waals surface area contributed by atoms with Gasteiger partial charge in [0, 0.05) is 0 Å². The van der Waals surface area contributed by atoms with Crippen LogP contribution in [0.15, 0.2) is 0 Å². The van der Waals surface area contributed by atoms with E-state index in [2.05, 4.69) is 22.3 Å². The van der Waals surface area contributed by atoms with Crippen LogP contribution in [0.5, 0.6) is 0 Å². The predicted molar refractivity (Wildman–Crippen MR) is 27.6 cm³/mol. The van der Waals surface area contributed by atoms with Crippen molar-refractivity contribution in [2.75, 3.05) is 0 Å². The molecule has 0 radical (unpaired) electrons. The van der Waals surface area contributed by atoms with Gasteiger partial charge in [-0.15, -0.1) is 0 Å². The Bertz CT molecular complexity index is 10.8. The summed E-state index contributed by atoms with van der Waals surface area (Å²) in [5.74, 6) is 0. The van der Waals surface area contributed by atoms with Gasteiger partial charge < -0.3 is 0 Å². The minimum atomic E-state index is -0.382. The van der Waals surface area contributed by atoms with E-state index >= 15 is 0 Å². The average molecular weight is 139 g/mol. The Labute approximate surface area is 36.2 Å². The summed E-state index contributed by atoms with van der Waals surface area (Å²) >= 11 is -0.382. The molecule has 0 unspecified atom stereocenters. The molecule has 0 saturated heterocycles. The second kappa shape index (κ2) is 2.16. The molecular weight excluding hydrogens is 131 g/mol. The molecule has 2 heteroatoms. The molecule has 0 heterocycles. The van der Waals surface area contributed by atoms with E-state index in [1.165, 1.54) is 0 Å². The summed E-state index contributed by atoms with van der Waals surface area (Å²) in [5.41, 5.74) is 4.45. The molecule has 26 valence electrons. The molecule has 0 spiro atoms. The SMILES string of the molecule is C[As](C)[SH2+]. The van der Waals surface area contributed by atoms with Crippen LogP contribution in [0.1, 0.15) is 0 Å². The third-order valence-electron chi connectivity index (χ3n) is 0. The molecule has 4 heavy (non-hydrogen) atoms. The van der Waals surface area contributed by atoms with E-state index < -0.39 is 0 Å². The van der Waals surface area contributed by atoms with E-state index in [9.17, 15) is 0 Å². The van der Waals surface area contributed by atoms with Crippen LogP contribution < -0.4 is 0 Å². The van der Waals surface area contributed by atoms with Crippen molar-refractivity contribution in [1.29, 1.82) is 0 Å². The van der Waals surface area contributed by atoms with Gasteiger partial charge in [-0.25, -0.2) is 0 Å². The van der Waals surface area contributed by atoms with Crippen LogP contribution >= 0.6 is 0 Å². The summed E-state index contributed by atoms with van der Waals surface area (Å²) < 4.78 is 0. The molecule has 0 atom stereocenters. The van der Waals surface area contributed by atoms with Crippen LogP contribution in [0.3, 0.4) is 0 Å². The van der Waals surface area contributed by atoms with Crippen molar-refractivity contribution in [3.05, 3.63) is 0 Å². The summed E-state index contributed by atoms with van der Waals surface area (Å²) in [6, 6.07) is 0. The second-order valence-electron chi connectivity index (χ2n) is 0.894. The first-order chi connectivity index (χ1) is 1.73. The maximum absolute atomic E-state index is 3.46. The zero-order valence-electron chi connectivity index (χ0n) is 2.95. The summed E-state index contributed by atoms with van der Waals surface area (Å²) in [6.07, 6.45) is 0. The Kier molecular flexibility index (Phi) is 2.66. The molecule has 0 aliphatic rings. The van der Waals surface area contributed by atoms with Gasteiger partial charge in [0.15, 0.2) is 0 Å². The van der Waals surface area contributed by atoms with Crippen LogP contribution in [0.25, 0.3) is 0 Å². The molecule has 0 rings (SSSR count). The minimum absolute atomic E-state index is 0.382. The summed E-state index contributed by atoms with van der Waals surface area (Å²) in [5, 5.41) is 0. The van der Waals surface area contributed by atoms with Crippen molar-refractivity contribution in [3.63, 3.8) is 0 Å². The van der Waals surface area contributed by atoms with E-state index in [1.807, 2.05) is 0 Å². The molecular formula is C2H8AsS+. The topological polar surface area (TPSA) is 0 Å². The molecule has 0 aromatic heterocycles. The quantitative estimate of drug-likeness (QED) is 0.333. The molecule has 0 amide bonds. The number of hydrogen-bond donors (Lipinski definition) is 0. The van der Waals surface area contributed by atoms with Crippen LogP contribution in [-0.4, -0.2) is 13.5 Å². The Balaban J connectivity index is 2.32. The fourth-order valence-electron chi connectivity index (χ4n) is 0. The van der Waals surface area contributed by atoms with Gasteiger partial charge in [-0.2, -0.15) is 0 Å². The van der Waals surface area contributed by atoms with E-state index in [0.29, 0.717) is 0 Å². The first-order valence-corrected chi connectivity index (χ1v) is 8.13.